The van der Waals surface area contributed by atoms with E-state index < -0.39 is 17.7 Å². The maximum atomic E-state index is 14.4. The highest BCUT2D eigenvalue weighted by Gasteiger charge is 2.24. The van der Waals surface area contributed by atoms with Gasteiger partial charge in [-0.3, -0.25) is 9.67 Å². The van der Waals surface area contributed by atoms with Gasteiger partial charge in [0.05, 0.1) is 52.3 Å². The molecule has 228 valence electrons. The number of aryl methyl sites for hydroxylation is 1. The maximum absolute atomic E-state index is 14.4. The summed E-state index contributed by atoms with van der Waals surface area (Å²) in [6.07, 6.45) is 4.96. The molecule has 0 radical (unpaired) electrons. The number of rotatable bonds is 8. The van der Waals surface area contributed by atoms with Gasteiger partial charge in [0, 0.05) is 41.8 Å². The Morgan fingerprint density at radius 3 is 2.53 bits per heavy atom. The highest BCUT2D eigenvalue weighted by molar-refractivity contribution is 6.35. The molecule has 0 aliphatic rings. The van der Waals surface area contributed by atoms with Crippen LogP contribution in [-0.2, 0) is 13.6 Å². The number of benzene rings is 3. The molecule has 3 aromatic carbocycles. The molecule has 0 aliphatic carbocycles. The predicted octanol–water partition coefficient (Wildman–Crippen LogP) is 7.22. The Labute approximate surface area is 263 Å². The van der Waals surface area contributed by atoms with Gasteiger partial charge in [-0.2, -0.15) is 10.4 Å². The number of hydrogen-bond donors (Lipinski definition) is 2. The van der Waals surface area contributed by atoms with Crippen LogP contribution in [0.25, 0.3) is 21.8 Å². The van der Waals surface area contributed by atoms with Crippen molar-refractivity contribution in [2.45, 2.75) is 33.4 Å². The Morgan fingerprint density at radius 2 is 1.80 bits per heavy atom. The monoisotopic (exact) mass is 625 g/mol. The van der Waals surface area contributed by atoms with E-state index in [9.17, 15) is 14.0 Å². The zero-order valence-corrected chi connectivity index (χ0v) is 25.9. The fourth-order valence-corrected chi connectivity index (χ4v) is 5.54. The van der Waals surface area contributed by atoms with Gasteiger partial charge in [-0.1, -0.05) is 55.8 Å². The normalized spacial score (nSPS) is 12.4. The van der Waals surface area contributed by atoms with Crippen molar-refractivity contribution >= 4 is 44.8 Å². The van der Waals surface area contributed by atoms with Crippen LogP contribution in [-0.4, -0.2) is 36.3 Å². The number of fused-ring (bicyclic) bond motifs is 2. The number of pyridine rings is 1. The van der Waals surface area contributed by atoms with Crippen LogP contribution in [0, 0.1) is 28.4 Å². The molecule has 0 saturated heterocycles. The standard InChI is InChI=1S/C33H30ClF2N9/c1-33(2,3)18-39-30-19(13-37)14-38-31-22(30)11-20(12-25(31)34)41-32(21-7-5-10-29-23(21)15-40-44(29)4)28-17-45(43-42-28)16-24-26(35)8-6-9-27(24)36/h5-12,14-15,17,32,41H,16,18H2,1-4H3,(H,38,39). The van der Waals surface area contributed by atoms with E-state index in [1.165, 1.54) is 29.1 Å². The van der Waals surface area contributed by atoms with Gasteiger partial charge in [-0.05, 0) is 41.3 Å². The van der Waals surface area contributed by atoms with E-state index in [0.29, 0.717) is 45.1 Å². The Kier molecular flexibility index (Phi) is 7.85. The van der Waals surface area contributed by atoms with Crippen molar-refractivity contribution in [3.8, 4) is 6.07 Å². The van der Waals surface area contributed by atoms with Crippen molar-refractivity contribution < 1.29 is 8.78 Å². The highest BCUT2D eigenvalue weighted by Crippen LogP contribution is 2.37. The van der Waals surface area contributed by atoms with Crippen molar-refractivity contribution in [2.75, 3.05) is 17.2 Å². The van der Waals surface area contributed by atoms with Crippen LogP contribution in [0.4, 0.5) is 20.2 Å². The fraction of sp³-hybridized carbons (Fsp3) is 0.242. The zero-order chi connectivity index (χ0) is 31.9. The van der Waals surface area contributed by atoms with Crippen molar-refractivity contribution in [1.82, 2.24) is 29.8 Å². The molecule has 0 fully saturated rings. The molecule has 3 heterocycles. The second-order valence-electron chi connectivity index (χ2n) is 12.1. The first-order valence-corrected chi connectivity index (χ1v) is 14.7. The summed E-state index contributed by atoms with van der Waals surface area (Å²) in [5.74, 6) is -1.32. The third kappa shape index (κ3) is 6.01. The van der Waals surface area contributed by atoms with E-state index in [-0.39, 0.29) is 17.5 Å². The largest absolute Gasteiger partial charge is 0.383 e. The van der Waals surface area contributed by atoms with E-state index in [2.05, 4.69) is 57.9 Å². The maximum Gasteiger partial charge on any atom is 0.131 e. The molecule has 12 heteroatoms. The van der Waals surface area contributed by atoms with Crippen LogP contribution in [0.3, 0.4) is 0 Å². The van der Waals surface area contributed by atoms with Crippen LogP contribution >= 0.6 is 11.6 Å². The van der Waals surface area contributed by atoms with Crippen LogP contribution in [0.2, 0.25) is 5.02 Å². The molecular weight excluding hydrogens is 596 g/mol. The summed E-state index contributed by atoms with van der Waals surface area (Å²) < 4.78 is 32.1. The van der Waals surface area contributed by atoms with E-state index in [1.54, 1.807) is 23.1 Å². The predicted molar refractivity (Wildman–Crippen MR) is 171 cm³/mol. The third-order valence-electron chi connectivity index (χ3n) is 7.52. The van der Waals surface area contributed by atoms with E-state index >= 15 is 0 Å². The Morgan fingerprint density at radius 1 is 1.04 bits per heavy atom. The van der Waals surface area contributed by atoms with Gasteiger partial charge in [-0.25, -0.2) is 13.5 Å². The molecule has 2 N–H and O–H groups in total. The number of nitriles is 1. The molecule has 6 aromatic rings. The van der Waals surface area contributed by atoms with Gasteiger partial charge in [0.2, 0.25) is 0 Å². The molecule has 3 aromatic heterocycles. The number of nitrogens with zero attached hydrogens (tertiary/aromatic N) is 7. The fourth-order valence-electron chi connectivity index (χ4n) is 5.27. The van der Waals surface area contributed by atoms with Gasteiger partial charge >= 0.3 is 0 Å². The number of halogens is 3. The van der Waals surface area contributed by atoms with Crippen molar-refractivity contribution in [3.63, 3.8) is 0 Å². The first-order valence-electron chi connectivity index (χ1n) is 14.3. The SMILES string of the molecule is Cn1ncc2c(C(Nc3cc(Cl)c4ncc(C#N)c(NCC(C)(C)C)c4c3)c3cn(Cc4c(F)cccc4F)nn3)cccc21. The molecule has 45 heavy (non-hydrogen) atoms. The second kappa shape index (κ2) is 11.8. The average Bonchev–Trinajstić information content (AvgIpc) is 3.63. The van der Waals surface area contributed by atoms with E-state index in [4.69, 9.17) is 11.6 Å². The Balaban J connectivity index is 1.46. The summed E-state index contributed by atoms with van der Waals surface area (Å²) in [5.41, 5.74) is 4.37. The summed E-state index contributed by atoms with van der Waals surface area (Å²) in [6.45, 7) is 6.79. The van der Waals surface area contributed by atoms with Crippen molar-refractivity contribution in [1.29, 1.82) is 5.26 Å². The average molecular weight is 626 g/mol. The summed E-state index contributed by atoms with van der Waals surface area (Å²) in [5, 5.41) is 31.9. The van der Waals surface area contributed by atoms with Gasteiger partial charge < -0.3 is 10.6 Å². The lowest BCUT2D eigenvalue weighted by atomic mass is 9.96. The summed E-state index contributed by atoms with van der Waals surface area (Å²) in [4.78, 5) is 4.47. The lowest BCUT2D eigenvalue weighted by molar-refractivity contribution is 0.443. The van der Waals surface area contributed by atoms with E-state index in [1.807, 2.05) is 31.3 Å². The van der Waals surface area contributed by atoms with Gasteiger partial charge in [0.25, 0.3) is 0 Å². The summed E-state index contributed by atoms with van der Waals surface area (Å²) in [7, 11) is 1.86. The number of nitrogens with one attached hydrogen (secondary N) is 2. The summed E-state index contributed by atoms with van der Waals surface area (Å²) >= 11 is 6.79. The van der Waals surface area contributed by atoms with Crippen LogP contribution in [0.15, 0.2) is 67.1 Å². The van der Waals surface area contributed by atoms with E-state index in [0.717, 1.165) is 16.5 Å². The molecule has 0 bridgehead atoms. The molecule has 1 unspecified atom stereocenters. The first-order chi connectivity index (χ1) is 21.5. The number of anilines is 2. The molecular formula is C33H30ClF2N9. The third-order valence-corrected chi connectivity index (χ3v) is 7.81. The second-order valence-corrected chi connectivity index (χ2v) is 12.5. The quantitative estimate of drug-likeness (QED) is 0.184. The van der Waals surface area contributed by atoms with Crippen molar-refractivity contribution in [2.24, 2.45) is 12.5 Å². The number of aromatic nitrogens is 6. The van der Waals surface area contributed by atoms with Crippen LogP contribution in [0.5, 0.6) is 0 Å². The van der Waals surface area contributed by atoms with Gasteiger partial charge in [0.15, 0.2) is 0 Å². The molecule has 0 saturated carbocycles. The first kappa shape index (κ1) is 30.0. The Bertz CT molecular complexity index is 2070. The minimum absolute atomic E-state index is 0.0487. The molecule has 1 atom stereocenters. The molecule has 9 nitrogen and oxygen atoms in total. The van der Waals surface area contributed by atoms with Crippen molar-refractivity contribution in [3.05, 3.63) is 106 Å². The smallest absolute Gasteiger partial charge is 0.131 e. The molecule has 0 aliphatic heterocycles. The molecule has 0 amide bonds. The number of hydrogen-bond acceptors (Lipinski definition) is 7. The highest BCUT2D eigenvalue weighted by atomic mass is 35.5. The topological polar surface area (TPSA) is 109 Å². The Hall–Kier alpha value is -5.08. The molecule has 6 rings (SSSR count). The van der Waals surface area contributed by atoms with Gasteiger partial charge in [-0.15, -0.1) is 5.10 Å². The van der Waals surface area contributed by atoms with Crippen LogP contribution in [0.1, 0.15) is 49.2 Å². The van der Waals surface area contributed by atoms with Gasteiger partial charge in [0.1, 0.15) is 23.4 Å². The minimum atomic E-state index is -0.658. The minimum Gasteiger partial charge on any atom is -0.383 e. The lowest BCUT2D eigenvalue weighted by Crippen LogP contribution is -2.20. The lowest BCUT2D eigenvalue weighted by Gasteiger charge is -2.22. The van der Waals surface area contributed by atoms with Crippen LogP contribution < -0.4 is 10.6 Å². The summed E-state index contributed by atoms with van der Waals surface area (Å²) in [6, 6.07) is 14.9. The molecule has 0 spiro atoms. The zero-order valence-electron chi connectivity index (χ0n) is 25.1.